The molecule has 2 heterocycles. The third-order valence-corrected chi connectivity index (χ3v) is 5.10. The summed E-state index contributed by atoms with van der Waals surface area (Å²) in [7, 11) is 0. The van der Waals surface area contributed by atoms with Gasteiger partial charge in [0.15, 0.2) is 5.75 Å². The van der Waals surface area contributed by atoms with E-state index in [1.54, 1.807) is 11.0 Å². The molecule has 0 radical (unpaired) electrons. The number of amides is 1. The summed E-state index contributed by atoms with van der Waals surface area (Å²) in [5, 5.41) is 0. The number of nitrogens with zero attached hydrogens (tertiary/aromatic N) is 3. The fraction of sp³-hybridized carbons (Fsp3) is 0.333. The lowest BCUT2D eigenvalue weighted by atomic mass is 10.1. The molecule has 8 heteroatoms. The Kier molecular flexibility index (Phi) is 4.94. The summed E-state index contributed by atoms with van der Waals surface area (Å²) in [6.45, 7) is 3.90. The molecule has 4 rings (SSSR count). The van der Waals surface area contributed by atoms with E-state index in [0.29, 0.717) is 43.3 Å². The van der Waals surface area contributed by atoms with E-state index in [1.165, 1.54) is 13.0 Å². The minimum absolute atomic E-state index is 0.0125. The molecule has 0 N–H and O–H groups in total. The van der Waals surface area contributed by atoms with Crippen LogP contribution in [0.1, 0.15) is 24.5 Å². The van der Waals surface area contributed by atoms with E-state index in [0.717, 1.165) is 18.6 Å². The van der Waals surface area contributed by atoms with Gasteiger partial charge in [0.05, 0.1) is 11.1 Å². The Morgan fingerprint density at radius 3 is 2.59 bits per heavy atom. The van der Waals surface area contributed by atoms with Gasteiger partial charge in [-0.3, -0.25) is 4.79 Å². The van der Waals surface area contributed by atoms with Crippen LogP contribution in [0.4, 0.5) is 18.9 Å². The fourth-order valence-electron chi connectivity index (χ4n) is 3.59. The Morgan fingerprint density at radius 2 is 1.83 bits per heavy atom. The summed E-state index contributed by atoms with van der Waals surface area (Å²) >= 11 is 0. The van der Waals surface area contributed by atoms with Gasteiger partial charge in [-0.1, -0.05) is 12.1 Å². The van der Waals surface area contributed by atoms with Gasteiger partial charge >= 0.3 is 6.18 Å². The zero-order valence-corrected chi connectivity index (χ0v) is 15.9. The number of aliphatic imine (C=N–C) groups is 1. The average Bonchev–Trinajstić information content (AvgIpc) is 3.01. The van der Waals surface area contributed by atoms with Gasteiger partial charge in [0, 0.05) is 33.1 Å². The van der Waals surface area contributed by atoms with Gasteiger partial charge in [0.25, 0.3) is 0 Å². The van der Waals surface area contributed by atoms with Crippen LogP contribution >= 0.6 is 0 Å². The van der Waals surface area contributed by atoms with Crippen LogP contribution in [-0.2, 0) is 11.0 Å². The van der Waals surface area contributed by atoms with Crippen LogP contribution < -0.4 is 4.74 Å². The Hall–Kier alpha value is -3.03. The maximum absolute atomic E-state index is 13.2. The SMILES string of the molecule is CC(=O)N1CCCN(C2=Nc3cc(C(F)(F)F)ccc3Oc3ccccc32)CC1. The molecule has 2 aliphatic rings. The standard InChI is InChI=1S/C21H20F3N3O2/c1-14(28)26-9-4-10-27(12-11-26)20-16-5-2-3-6-18(16)29-19-8-7-15(21(22,23)24)13-17(19)25-20/h2-3,5-8,13H,4,9-12H2,1H3. The highest BCUT2D eigenvalue weighted by Gasteiger charge is 2.32. The number of hydrogen-bond donors (Lipinski definition) is 0. The minimum atomic E-state index is -4.46. The molecule has 0 saturated carbocycles. The molecule has 0 spiro atoms. The maximum atomic E-state index is 13.2. The van der Waals surface area contributed by atoms with Crippen LogP contribution in [0.15, 0.2) is 47.5 Å². The molecule has 2 aromatic carbocycles. The van der Waals surface area contributed by atoms with Gasteiger partial charge < -0.3 is 14.5 Å². The van der Waals surface area contributed by atoms with Crippen molar-refractivity contribution in [1.29, 1.82) is 0 Å². The quantitative estimate of drug-likeness (QED) is 0.653. The largest absolute Gasteiger partial charge is 0.454 e. The fourth-order valence-corrected chi connectivity index (χ4v) is 3.59. The second-order valence-electron chi connectivity index (χ2n) is 7.06. The number of amidine groups is 1. The topological polar surface area (TPSA) is 45.1 Å². The van der Waals surface area contributed by atoms with E-state index in [1.807, 2.05) is 23.1 Å². The van der Waals surface area contributed by atoms with Crippen LogP contribution in [0.5, 0.6) is 11.5 Å². The molecule has 5 nitrogen and oxygen atoms in total. The molecule has 2 aliphatic heterocycles. The molecule has 0 atom stereocenters. The normalized spacial score (nSPS) is 16.8. The van der Waals surface area contributed by atoms with Crippen LogP contribution in [0.2, 0.25) is 0 Å². The number of hydrogen-bond acceptors (Lipinski definition) is 4. The molecular formula is C21H20F3N3O2. The second kappa shape index (κ2) is 7.42. The molecule has 0 bridgehead atoms. The van der Waals surface area contributed by atoms with E-state index >= 15 is 0 Å². The predicted molar refractivity (Wildman–Crippen MR) is 103 cm³/mol. The van der Waals surface area contributed by atoms with Crippen molar-refractivity contribution in [3.8, 4) is 11.5 Å². The molecule has 152 valence electrons. The molecule has 0 unspecified atom stereocenters. The number of rotatable bonds is 0. The molecule has 29 heavy (non-hydrogen) atoms. The Balaban J connectivity index is 1.78. The summed E-state index contributed by atoms with van der Waals surface area (Å²) in [5.74, 6) is 1.39. The summed E-state index contributed by atoms with van der Waals surface area (Å²) in [6.07, 6.45) is -3.72. The number of carbonyl (C=O) groups is 1. The van der Waals surface area contributed by atoms with Crippen molar-refractivity contribution in [3.63, 3.8) is 0 Å². The average molecular weight is 403 g/mol. The van der Waals surface area contributed by atoms with Crippen LogP contribution in [0, 0.1) is 0 Å². The number of benzene rings is 2. The molecule has 1 fully saturated rings. The predicted octanol–water partition coefficient (Wildman–Crippen LogP) is 4.44. The lowest BCUT2D eigenvalue weighted by molar-refractivity contribution is -0.137. The summed E-state index contributed by atoms with van der Waals surface area (Å²) in [5.41, 5.74) is 0.0831. The van der Waals surface area contributed by atoms with Gasteiger partial charge in [-0.05, 0) is 36.8 Å². The van der Waals surface area contributed by atoms with Gasteiger partial charge in [0.1, 0.15) is 17.3 Å². The highest BCUT2D eigenvalue weighted by Crippen LogP contribution is 2.41. The van der Waals surface area contributed by atoms with Crippen molar-refractivity contribution in [2.75, 3.05) is 26.2 Å². The number of para-hydroxylation sites is 1. The maximum Gasteiger partial charge on any atom is 0.416 e. The molecule has 1 saturated heterocycles. The first kappa shape index (κ1) is 19.3. The monoisotopic (exact) mass is 403 g/mol. The Morgan fingerprint density at radius 1 is 1.03 bits per heavy atom. The number of fused-ring (bicyclic) bond motifs is 2. The third-order valence-electron chi connectivity index (χ3n) is 5.10. The molecule has 2 aromatic rings. The number of ether oxygens (including phenoxy) is 1. The van der Waals surface area contributed by atoms with Crippen LogP contribution in [0.3, 0.4) is 0 Å². The van der Waals surface area contributed by atoms with Gasteiger partial charge in [-0.25, -0.2) is 4.99 Å². The van der Waals surface area contributed by atoms with Crippen molar-refractivity contribution in [2.45, 2.75) is 19.5 Å². The first-order valence-electron chi connectivity index (χ1n) is 9.40. The van der Waals surface area contributed by atoms with Crippen molar-refractivity contribution in [2.24, 2.45) is 4.99 Å². The van der Waals surface area contributed by atoms with E-state index < -0.39 is 11.7 Å². The Bertz CT molecular complexity index is 972. The van der Waals surface area contributed by atoms with Crippen molar-refractivity contribution in [3.05, 3.63) is 53.6 Å². The Labute approximate surface area is 166 Å². The van der Waals surface area contributed by atoms with Crippen LogP contribution in [-0.4, -0.2) is 47.7 Å². The van der Waals surface area contributed by atoms with E-state index in [2.05, 4.69) is 4.99 Å². The molecule has 0 aromatic heterocycles. The van der Waals surface area contributed by atoms with Gasteiger partial charge in [0.2, 0.25) is 5.91 Å². The lowest BCUT2D eigenvalue weighted by Gasteiger charge is -2.25. The molecule has 0 aliphatic carbocycles. The number of halogens is 3. The van der Waals surface area contributed by atoms with Crippen molar-refractivity contribution >= 4 is 17.4 Å². The minimum Gasteiger partial charge on any atom is -0.454 e. The van der Waals surface area contributed by atoms with Gasteiger partial charge in [-0.15, -0.1) is 0 Å². The first-order valence-corrected chi connectivity index (χ1v) is 9.40. The van der Waals surface area contributed by atoms with Crippen molar-refractivity contribution < 1.29 is 22.7 Å². The summed E-state index contributed by atoms with van der Waals surface area (Å²) in [4.78, 5) is 20.1. The molecule has 1 amide bonds. The van der Waals surface area contributed by atoms with Crippen molar-refractivity contribution in [1.82, 2.24) is 9.80 Å². The van der Waals surface area contributed by atoms with E-state index in [4.69, 9.17) is 4.74 Å². The van der Waals surface area contributed by atoms with Crippen LogP contribution in [0.25, 0.3) is 0 Å². The first-order chi connectivity index (χ1) is 13.8. The molecular weight excluding hydrogens is 383 g/mol. The number of carbonyl (C=O) groups excluding carboxylic acids is 1. The zero-order valence-electron chi connectivity index (χ0n) is 15.9. The lowest BCUT2D eigenvalue weighted by Crippen LogP contribution is -2.36. The second-order valence-corrected chi connectivity index (χ2v) is 7.06. The third kappa shape index (κ3) is 3.92. The zero-order chi connectivity index (χ0) is 20.6. The number of alkyl halides is 3. The van der Waals surface area contributed by atoms with Gasteiger partial charge in [-0.2, -0.15) is 13.2 Å². The van der Waals surface area contributed by atoms with E-state index in [9.17, 15) is 18.0 Å². The highest BCUT2D eigenvalue weighted by atomic mass is 19.4. The summed E-state index contributed by atoms with van der Waals surface area (Å²) < 4.78 is 45.5. The van der Waals surface area contributed by atoms with E-state index in [-0.39, 0.29) is 17.3 Å². The smallest absolute Gasteiger partial charge is 0.416 e. The highest BCUT2D eigenvalue weighted by molar-refractivity contribution is 6.03. The summed E-state index contributed by atoms with van der Waals surface area (Å²) in [6, 6.07) is 10.6.